The normalized spacial score (nSPS) is 10.3. The number of aromatic nitrogens is 1. The minimum absolute atomic E-state index is 0.274. The number of ether oxygens (including phenoxy) is 1. The smallest absolute Gasteiger partial charge is 0.274 e. The highest BCUT2D eigenvalue weighted by Gasteiger charge is 2.08. The first-order chi connectivity index (χ1) is 13.0. The molecule has 6 heteroatoms. The van der Waals surface area contributed by atoms with Crippen LogP contribution in [0.5, 0.6) is 5.75 Å². The van der Waals surface area contributed by atoms with Gasteiger partial charge >= 0.3 is 0 Å². The Bertz CT molecular complexity index is 925. The summed E-state index contributed by atoms with van der Waals surface area (Å²) in [7, 11) is 0. The van der Waals surface area contributed by atoms with E-state index < -0.39 is 0 Å². The van der Waals surface area contributed by atoms with Crippen molar-refractivity contribution in [3.05, 3.63) is 77.1 Å². The van der Waals surface area contributed by atoms with Crippen molar-refractivity contribution in [2.24, 2.45) is 0 Å². The monoisotopic (exact) mass is 381 g/mol. The Morgan fingerprint density at radius 2 is 1.74 bits per heavy atom. The van der Waals surface area contributed by atoms with Gasteiger partial charge in [0.05, 0.1) is 18.5 Å². The molecule has 3 aromatic rings. The molecular formula is C21H20ClN3O2. The Kier molecular flexibility index (Phi) is 5.94. The zero-order valence-electron chi connectivity index (χ0n) is 15.1. The molecule has 0 saturated heterocycles. The number of hydrogen-bond acceptors (Lipinski definition) is 4. The molecule has 0 bridgehead atoms. The molecule has 2 aromatic carbocycles. The van der Waals surface area contributed by atoms with Gasteiger partial charge in [-0.25, -0.2) is 4.98 Å². The van der Waals surface area contributed by atoms with E-state index in [9.17, 15) is 4.79 Å². The summed E-state index contributed by atoms with van der Waals surface area (Å²) in [5.41, 5.74) is 3.66. The van der Waals surface area contributed by atoms with E-state index in [-0.39, 0.29) is 5.91 Å². The largest absolute Gasteiger partial charge is 0.494 e. The second-order valence-corrected chi connectivity index (χ2v) is 6.34. The van der Waals surface area contributed by atoms with E-state index >= 15 is 0 Å². The van der Waals surface area contributed by atoms with E-state index in [4.69, 9.17) is 16.3 Å². The summed E-state index contributed by atoms with van der Waals surface area (Å²) in [4.78, 5) is 16.6. The maximum absolute atomic E-state index is 12.3. The fourth-order valence-corrected chi connectivity index (χ4v) is 2.62. The number of carbonyl (C=O) groups excluding carboxylic acids is 1. The molecule has 0 aliphatic rings. The summed E-state index contributed by atoms with van der Waals surface area (Å²) in [6.07, 6.45) is 1.61. The number of pyridine rings is 1. The predicted molar refractivity (Wildman–Crippen MR) is 109 cm³/mol. The SMILES string of the molecule is CCOc1ccc(NC(=O)c2ccc(Nc3ccc(C)c(Cl)c3)cn2)cc1. The van der Waals surface area contributed by atoms with Crippen LogP contribution in [0.25, 0.3) is 0 Å². The molecule has 138 valence electrons. The lowest BCUT2D eigenvalue weighted by Gasteiger charge is -2.09. The summed E-state index contributed by atoms with van der Waals surface area (Å²) in [6, 6.07) is 16.4. The van der Waals surface area contributed by atoms with Crippen LogP contribution in [-0.4, -0.2) is 17.5 Å². The number of aryl methyl sites for hydroxylation is 1. The molecular weight excluding hydrogens is 362 g/mol. The molecule has 5 nitrogen and oxygen atoms in total. The summed E-state index contributed by atoms with van der Waals surface area (Å²) in [5, 5.41) is 6.72. The third-order valence-electron chi connectivity index (χ3n) is 3.88. The summed E-state index contributed by atoms with van der Waals surface area (Å²) < 4.78 is 5.39. The summed E-state index contributed by atoms with van der Waals surface area (Å²) in [5.74, 6) is 0.490. The molecule has 0 saturated carbocycles. The van der Waals surface area contributed by atoms with Crippen LogP contribution in [0.4, 0.5) is 17.1 Å². The third kappa shape index (κ3) is 4.99. The lowest BCUT2D eigenvalue weighted by molar-refractivity contribution is 0.102. The van der Waals surface area contributed by atoms with Crippen molar-refractivity contribution in [1.29, 1.82) is 0 Å². The molecule has 27 heavy (non-hydrogen) atoms. The predicted octanol–water partition coefficient (Wildman–Crippen LogP) is 5.44. The average Bonchev–Trinajstić information content (AvgIpc) is 2.67. The Balaban J connectivity index is 1.63. The maximum atomic E-state index is 12.3. The van der Waals surface area contributed by atoms with Gasteiger partial charge in [-0.15, -0.1) is 0 Å². The topological polar surface area (TPSA) is 63.2 Å². The van der Waals surface area contributed by atoms with Crippen LogP contribution in [0.3, 0.4) is 0 Å². The molecule has 0 unspecified atom stereocenters. The van der Waals surface area contributed by atoms with Crippen molar-refractivity contribution in [1.82, 2.24) is 4.98 Å². The van der Waals surface area contributed by atoms with Gasteiger partial charge in [-0.05, 0) is 67.9 Å². The highest BCUT2D eigenvalue weighted by molar-refractivity contribution is 6.31. The third-order valence-corrected chi connectivity index (χ3v) is 4.29. The van der Waals surface area contributed by atoms with Crippen molar-refractivity contribution in [3.8, 4) is 5.75 Å². The van der Waals surface area contributed by atoms with Gasteiger partial charge in [0.2, 0.25) is 0 Å². The van der Waals surface area contributed by atoms with Gasteiger partial charge in [0, 0.05) is 16.4 Å². The number of benzene rings is 2. The fourth-order valence-electron chi connectivity index (χ4n) is 2.44. The molecule has 0 fully saturated rings. The second-order valence-electron chi connectivity index (χ2n) is 5.93. The van der Waals surface area contributed by atoms with Gasteiger partial charge in [-0.3, -0.25) is 4.79 Å². The number of nitrogens with zero attached hydrogens (tertiary/aromatic N) is 1. The molecule has 0 aliphatic carbocycles. The van der Waals surface area contributed by atoms with Crippen LogP contribution in [0, 0.1) is 6.92 Å². The first-order valence-electron chi connectivity index (χ1n) is 8.58. The minimum atomic E-state index is -0.274. The molecule has 0 aliphatic heterocycles. The Hall–Kier alpha value is -3.05. The fraction of sp³-hybridized carbons (Fsp3) is 0.143. The average molecular weight is 382 g/mol. The van der Waals surface area contributed by atoms with Crippen LogP contribution in [0.15, 0.2) is 60.8 Å². The quantitative estimate of drug-likeness (QED) is 0.597. The number of nitrogens with one attached hydrogen (secondary N) is 2. The molecule has 0 spiro atoms. The first kappa shape index (κ1) is 18.7. The van der Waals surface area contributed by atoms with Crippen molar-refractivity contribution in [2.75, 3.05) is 17.2 Å². The molecule has 0 atom stereocenters. The molecule has 1 heterocycles. The maximum Gasteiger partial charge on any atom is 0.274 e. The van der Waals surface area contributed by atoms with Crippen LogP contribution in [0.1, 0.15) is 23.0 Å². The van der Waals surface area contributed by atoms with Gasteiger partial charge in [0.15, 0.2) is 0 Å². The Morgan fingerprint density at radius 1 is 1.04 bits per heavy atom. The number of carbonyl (C=O) groups is 1. The Labute approximate surface area is 163 Å². The number of anilines is 3. The standard InChI is InChI=1S/C21H20ClN3O2/c1-3-27-18-9-6-15(7-10-18)25-21(26)20-11-8-17(13-23-20)24-16-5-4-14(2)19(22)12-16/h4-13,24H,3H2,1-2H3,(H,25,26). The van der Waals surface area contributed by atoms with Crippen molar-refractivity contribution < 1.29 is 9.53 Å². The van der Waals surface area contributed by atoms with Gasteiger partial charge in [-0.2, -0.15) is 0 Å². The number of amides is 1. The lowest BCUT2D eigenvalue weighted by atomic mass is 10.2. The molecule has 3 rings (SSSR count). The van der Waals surface area contributed by atoms with E-state index in [1.54, 1.807) is 30.5 Å². The van der Waals surface area contributed by atoms with E-state index in [2.05, 4.69) is 15.6 Å². The van der Waals surface area contributed by atoms with Gasteiger partial charge < -0.3 is 15.4 Å². The van der Waals surface area contributed by atoms with Crippen LogP contribution in [0.2, 0.25) is 5.02 Å². The van der Waals surface area contributed by atoms with Crippen LogP contribution < -0.4 is 15.4 Å². The van der Waals surface area contributed by atoms with Gasteiger partial charge in [0.25, 0.3) is 5.91 Å². The van der Waals surface area contributed by atoms with E-state index in [0.717, 1.165) is 22.7 Å². The molecule has 2 N–H and O–H groups in total. The molecule has 1 amide bonds. The van der Waals surface area contributed by atoms with Gasteiger partial charge in [-0.1, -0.05) is 17.7 Å². The second kappa shape index (κ2) is 8.56. The van der Waals surface area contributed by atoms with Gasteiger partial charge in [0.1, 0.15) is 11.4 Å². The highest BCUT2D eigenvalue weighted by atomic mass is 35.5. The van der Waals surface area contributed by atoms with E-state index in [0.29, 0.717) is 23.0 Å². The van der Waals surface area contributed by atoms with E-state index in [1.807, 2.05) is 44.2 Å². The molecule has 0 radical (unpaired) electrons. The lowest BCUT2D eigenvalue weighted by Crippen LogP contribution is -2.13. The zero-order valence-corrected chi connectivity index (χ0v) is 15.9. The van der Waals surface area contributed by atoms with E-state index in [1.165, 1.54) is 0 Å². The first-order valence-corrected chi connectivity index (χ1v) is 8.96. The number of halogens is 1. The molecule has 1 aromatic heterocycles. The van der Waals surface area contributed by atoms with Crippen molar-refractivity contribution in [2.45, 2.75) is 13.8 Å². The minimum Gasteiger partial charge on any atom is -0.494 e. The Morgan fingerprint density at radius 3 is 2.37 bits per heavy atom. The van der Waals surface area contributed by atoms with Crippen molar-refractivity contribution >= 4 is 34.6 Å². The van der Waals surface area contributed by atoms with Crippen LogP contribution in [-0.2, 0) is 0 Å². The summed E-state index contributed by atoms with van der Waals surface area (Å²) in [6.45, 7) is 4.48. The summed E-state index contributed by atoms with van der Waals surface area (Å²) >= 11 is 6.13. The van der Waals surface area contributed by atoms with Crippen molar-refractivity contribution in [3.63, 3.8) is 0 Å². The van der Waals surface area contributed by atoms with Crippen LogP contribution >= 0.6 is 11.6 Å². The zero-order chi connectivity index (χ0) is 19.2. The highest BCUT2D eigenvalue weighted by Crippen LogP contribution is 2.23. The number of hydrogen-bond donors (Lipinski definition) is 2. The number of rotatable bonds is 6.